The Morgan fingerprint density at radius 1 is 0.427 bits per heavy atom. The first kappa shape index (κ1) is 93.2. The van der Waals surface area contributed by atoms with E-state index in [9.17, 15) is 62.0 Å². The van der Waals surface area contributed by atoms with Crippen LogP contribution in [0.4, 0.5) is 46.3 Å². The van der Waals surface area contributed by atoms with Crippen molar-refractivity contribution in [3.05, 3.63) is 180 Å². The standard InChI is InChI=1S/C24H31N5O3S.C23H28FN7O4S.2C22H29N5O3S/c1-15(28-11-4-12-28)21-14-22(26-29(21)18-9-10-18)33(31,32)27-24(30)25-23-19-7-2-5-16(19)13-17-6-3-8-20(17)23;1-13(2)17-9-15(24)10-18(14-6-7-26-19(8-14)22(25)32)21(17)27-23(33)29-36(34,35)20-11-16(12-30(3)4)31(5)28-20;2*1-14(27-10-5-11-27)19-13-20(24-26(19)2)31(29,30)25-22(28)23-21-17-8-3-6-15(17)12-16-7-4-9-18(16)21/h13-15,18H,2-12H2,1H3,(H2,25,27,30);6-11,13H,12H2,1-5H3,(H2,25,32)(H2,27,29,33);2*12-14H,3-11H2,1-2H3,(H2,23,25,28)/t;;2*14-/m..10/s1. The zero-order valence-electron chi connectivity index (χ0n) is 75.7. The molecule has 9 aromatic rings. The summed E-state index contributed by atoms with van der Waals surface area (Å²) in [6.45, 7) is 16.3. The summed E-state index contributed by atoms with van der Waals surface area (Å²) >= 11 is 0. The Kier molecular flexibility index (Phi) is 27.0. The molecule has 3 atom stereocenters. The fourth-order valence-electron chi connectivity index (χ4n) is 19.6. The molecule has 4 aromatic carbocycles. The summed E-state index contributed by atoms with van der Waals surface area (Å²) in [6, 6.07) is 15.6. The van der Waals surface area contributed by atoms with E-state index in [0.717, 1.165) is 237 Å². The van der Waals surface area contributed by atoms with E-state index >= 15 is 0 Å². The minimum atomic E-state index is -4.31. The van der Waals surface area contributed by atoms with Gasteiger partial charge in [-0.3, -0.25) is 43.2 Å². The number of amides is 9. The van der Waals surface area contributed by atoms with Crippen molar-refractivity contribution in [1.82, 2.24) is 82.6 Å². The molecule has 1 unspecified atom stereocenters. The van der Waals surface area contributed by atoms with Crippen molar-refractivity contribution in [2.75, 3.05) is 74.6 Å². The van der Waals surface area contributed by atoms with Crippen LogP contribution >= 0.6 is 0 Å². The molecule has 9 amide bonds. The van der Waals surface area contributed by atoms with Gasteiger partial charge in [-0.15, -0.1) is 0 Å². The fraction of sp³-hybridized carbons (Fsp3) is 0.495. The van der Waals surface area contributed by atoms with Crippen LogP contribution in [0.1, 0.15) is 241 Å². The molecule has 10 aliphatic rings. The van der Waals surface area contributed by atoms with Gasteiger partial charge in [-0.2, -0.15) is 54.1 Å². The number of rotatable bonds is 24. The van der Waals surface area contributed by atoms with Gasteiger partial charge in [0.25, 0.3) is 46.0 Å². The molecule has 40 heteroatoms. The molecule has 35 nitrogen and oxygen atoms in total. The van der Waals surface area contributed by atoms with Gasteiger partial charge in [0.2, 0.25) is 0 Å². The first-order valence-corrected chi connectivity index (χ1v) is 51.3. The van der Waals surface area contributed by atoms with E-state index in [2.05, 4.69) is 101 Å². The minimum Gasteiger partial charge on any atom is -0.364 e. The van der Waals surface area contributed by atoms with Crippen LogP contribution in [-0.2, 0) is 145 Å². The third kappa shape index (κ3) is 20.2. The van der Waals surface area contributed by atoms with E-state index in [1.54, 1.807) is 62.6 Å². The van der Waals surface area contributed by atoms with Crippen LogP contribution in [-0.4, -0.2) is 181 Å². The number of aromatic nitrogens is 9. The third-order valence-electron chi connectivity index (χ3n) is 26.9. The van der Waals surface area contributed by atoms with Gasteiger partial charge < -0.3 is 31.9 Å². The summed E-state index contributed by atoms with van der Waals surface area (Å²) < 4.78 is 133. The van der Waals surface area contributed by atoms with E-state index in [-0.39, 0.29) is 67.1 Å². The van der Waals surface area contributed by atoms with Crippen LogP contribution in [0, 0.1) is 5.82 Å². The number of nitrogens with one attached hydrogen (secondary N) is 8. The quantitative estimate of drug-likeness (QED) is 0.0271. The minimum absolute atomic E-state index is 0.0514. The third-order valence-corrected chi connectivity index (χ3v) is 31.7. The Bertz CT molecular complexity index is 6210. The maximum absolute atomic E-state index is 14.5. The van der Waals surface area contributed by atoms with Crippen LogP contribution in [0.2, 0.25) is 0 Å². The molecule has 7 aliphatic carbocycles. The smallest absolute Gasteiger partial charge is 0.333 e. The highest BCUT2D eigenvalue weighted by atomic mass is 32.2. The number of nitrogens with two attached hydrogens (primary N) is 1. The van der Waals surface area contributed by atoms with Crippen LogP contribution in [0.15, 0.2) is 93.0 Å². The van der Waals surface area contributed by atoms with Crippen molar-refractivity contribution >= 4 is 92.9 Å². The number of nitrogens with zero attached hydrogens (tertiary/aromatic N) is 13. The molecule has 5 aromatic heterocycles. The number of fused-ring (bicyclic) bond motifs is 6. The lowest BCUT2D eigenvalue weighted by atomic mass is 9.94. The van der Waals surface area contributed by atoms with Gasteiger partial charge in [0.05, 0.1) is 34.5 Å². The number of benzene rings is 4. The second-order valence-electron chi connectivity index (χ2n) is 36.5. The number of halogens is 1. The highest BCUT2D eigenvalue weighted by Gasteiger charge is 2.39. The number of anilines is 4. The van der Waals surface area contributed by atoms with Crippen molar-refractivity contribution in [1.29, 1.82) is 0 Å². The molecule has 8 heterocycles. The average molecular weight is 1870 g/mol. The highest BCUT2D eigenvalue weighted by molar-refractivity contribution is 7.90. The van der Waals surface area contributed by atoms with E-state index < -0.39 is 75.9 Å². The van der Waals surface area contributed by atoms with Gasteiger partial charge in [-0.1, -0.05) is 32.0 Å². The van der Waals surface area contributed by atoms with Gasteiger partial charge in [-0.05, 0) is 291 Å². The lowest BCUT2D eigenvalue weighted by Gasteiger charge is -2.36. The molecule has 0 spiro atoms. The molecule has 3 saturated heterocycles. The summed E-state index contributed by atoms with van der Waals surface area (Å²) in [5.41, 5.74) is 26.8. The van der Waals surface area contributed by atoms with Gasteiger partial charge in [-0.25, -0.2) is 42.5 Å². The predicted octanol–water partition coefficient (Wildman–Crippen LogP) is 11.2. The summed E-state index contributed by atoms with van der Waals surface area (Å²) in [5.74, 6) is -1.60. The number of aryl methyl sites for hydroxylation is 9. The number of sulfonamides is 4. The molecule has 3 aliphatic heterocycles. The number of hydrogen-bond donors (Lipinski definition) is 9. The van der Waals surface area contributed by atoms with Crippen molar-refractivity contribution < 1.29 is 62.0 Å². The lowest BCUT2D eigenvalue weighted by Crippen LogP contribution is -2.39. The molecule has 700 valence electrons. The van der Waals surface area contributed by atoms with Gasteiger partial charge in [0.15, 0.2) is 20.1 Å². The van der Waals surface area contributed by atoms with Gasteiger partial charge >= 0.3 is 24.1 Å². The van der Waals surface area contributed by atoms with Crippen molar-refractivity contribution in [2.24, 2.45) is 26.9 Å². The van der Waals surface area contributed by atoms with Gasteiger partial charge in [0, 0.05) is 138 Å². The number of pyridine rings is 1. The van der Waals surface area contributed by atoms with Crippen LogP contribution in [0.5, 0.6) is 0 Å². The van der Waals surface area contributed by atoms with Crippen LogP contribution in [0.3, 0.4) is 0 Å². The Morgan fingerprint density at radius 3 is 1.10 bits per heavy atom. The molecular formula is C91H117FN22O13S4. The van der Waals surface area contributed by atoms with E-state index in [4.69, 9.17) is 5.73 Å². The van der Waals surface area contributed by atoms with E-state index in [1.807, 2.05) is 42.2 Å². The SMILES string of the molecule is CC(C)c1cc(F)cc(-c2ccnc(C(N)=O)c2)c1NC(=O)NS(=O)(=O)c1cc(CN(C)C)n(C)n1.CC(c1cc(S(=O)(=O)NC(=O)Nc2c3c(cc4c2CCC4)CCC3)nn1C1CC1)N1CCC1.C[C@@H](c1cc(S(=O)(=O)NC(=O)Nc2c3c(cc4c2CCC4)CCC3)nn1C)N1CCC1.C[C@H](c1cc(S(=O)(=O)NC(=O)Nc2c3c(cc4c2CCC4)CCC3)nn1C)N1CCC1. The maximum Gasteiger partial charge on any atom is 0.333 e. The normalized spacial score (nSPS) is 17.4. The van der Waals surface area contributed by atoms with Crippen molar-refractivity contribution in [3.63, 3.8) is 0 Å². The summed E-state index contributed by atoms with van der Waals surface area (Å²) in [6.07, 6.45) is 24.9. The Morgan fingerprint density at radius 2 is 0.763 bits per heavy atom. The molecule has 19 rings (SSSR count). The van der Waals surface area contributed by atoms with Gasteiger partial charge in [0.1, 0.15) is 11.5 Å². The molecule has 1 saturated carbocycles. The summed E-state index contributed by atoms with van der Waals surface area (Å²) in [4.78, 5) is 75.4. The zero-order chi connectivity index (χ0) is 93.0. The molecular weight excluding hydrogens is 1760 g/mol. The number of urea groups is 4. The number of carbonyl (C=O) groups excluding carboxylic acids is 5. The van der Waals surface area contributed by atoms with Crippen LogP contribution < -0.4 is 45.9 Å². The Labute approximate surface area is 764 Å². The van der Waals surface area contributed by atoms with Crippen molar-refractivity contribution in [2.45, 2.75) is 239 Å². The molecule has 0 bridgehead atoms. The Balaban J connectivity index is 0.000000128. The number of primary amides is 1. The van der Waals surface area contributed by atoms with Crippen molar-refractivity contribution in [3.8, 4) is 11.1 Å². The lowest BCUT2D eigenvalue weighted by molar-refractivity contribution is 0.0995. The molecule has 0 radical (unpaired) electrons. The Hall–Kier alpha value is -11.0. The summed E-state index contributed by atoms with van der Waals surface area (Å²) in [5, 5.41) is 27.4. The monoisotopic (exact) mass is 1870 g/mol. The number of hydrogen-bond acceptors (Lipinski definition) is 22. The topological polar surface area (TPSA) is 441 Å². The van der Waals surface area contributed by atoms with Crippen LogP contribution in [0.25, 0.3) is 11.1 Å². The number of likely N-dealkylation sites (tertiary alicyclic amines) is 3. The molecule has 131 heavy (non-hydrogen) atoms. The van der Waals surface area contributed by atoms with E-state index in [1.165, 1.54) is 92.1 Å². The fourth-order valence-corrected chi connectivity index (χ4v) is 23.2. The zero-order valence-corrected chi connectivity index (χ0v) is 79.0. The summed E-state index contributed by atoms with van der Waals surface area (Å²) in [7, 11) is -7.79. The second kappa shape index (κ2) is 37.9. The first-order valence-electron chi connectivity index (χ1n) is 45.4. The maximum atomic E-state index is 14.5. The molecule has 4 fully saturated rings. The first-order chi connectivity index (χ1) is 62.3. The average Bonchev–Trinajstić information content (AvgIpc) is 1.65. The predicted molar refractivity (Wildman–Crippen MR) is 492 cm³/mol. The number of carbonyl (C=O) groups is 5. The highest BCUT2D eigenvalue weighted by Crippen LogP contribution is 2.45. The van der Waals surface area contributed by atoms with E-state index in [0.29, 0.717) is 23.4 Å². The largest absolute Gasteiger partial charge is 0.364 e. The molecule has 10 N–H and O–H groups in total. The second-order valence-corrected chi connectivity index (χ2v) is 43.0.